The summed E-state index contributed by atoms with van der Waals surface area (Å²) in [6.45, 7) is 5.63. The molecule has 2 N–H and O–H groups in total. The number of hydrogen-bond acceptors (Lipinski definition) is 4. The number of carbonyl (C=O) groups is 1. The van der Waals surface area contributed by atoms with E-state index in [4.69, 9.17) is 0 Å². The smallest absolute Gasteiger partial charge is 0.312 e. The number of rotatable bonds is 6. The van der Waals surface area contributed by atoms with E-state index < -0.39 is 17.5 Å². The first-order valence-electron chi connectivity index (χ1n) is 10.7. The molecule has 0 unspecified atom stereocenters. The normalized spacial score (nSPS) is 21.8. The van der Waals surface area contributed by atoms with Crippen molar-refractivity contribution >= 4 is 5.97 Å². The molecule has 0 amide bonds. The lowest BCUT2D eigenvalue weighted by Crippen LogP contribution is -2.55. The van der Waals surface area contributed by atoms with Gasteiger partial charge in [-0.05, 0) is 62.6 Å². The minimum absolute atomic E-state index is 0.337. The van der Waals surface area contributed by atoms with Gasteiger partial charge < -0.3 is 10.2 Å². The van der Waals surface area contributed by atoms with Crippen LogP contribution in [0, 0.1) is 19.3 Å². The van der Waals surface area contributed by atoms with Gasteiger partial charge in [0.15, 0.2) is 0 Å². The van der Waals surface area contributed by atoms with Crippen LogP contribution in [0.1, 0.15) is 28.9 Å². The average molecular weight is 420 g/mol. The first-order chi connectivity index (χ1) is 14.9. The molecule has 4 rings (SSSR count). The van der Waals surface area contributed by atoms with E-state index in [2.05, 4.69) is 22.1 Å². The minimum Gasteiger partial charge on any atom is -0.481 e. The van der Waals surface area contributed by atoms with Gasteiger partial charge in [-0.15, -0.1) is 0 Å². The highest BCUT2D eigenvalue weighted by molar-refractivity contribution is 5.76. The number of likely N-dealkylation sites (tertiary alicyclic amines) is 1. The Morgan fingerprint density at radius 1 is 1.10 bits per heavy atom. The maximum Gasteiger partial charge on any atom is 0.312 e. The molecule has 1 fully saturated rings. The van der Waals surface area contributed by atoms with Gasteiger partial charge in [-0.25, -0.2) is 4.68 Å². The average Bonchev–Trinajstić information content (AvgIpc) is 3.09. The summed E-state index contributed by atoms with van der Waals surface area (Å²) >= 11 is 0. The molecule has 162 valence electrons. The zero-order valence-corrected chi connectivity index (χ0v) is 18.0. The molecule has 1 aromatic heterocycles. The van der Waals surface area contributed by atoms with E-state index in [-0.39, 0.29) is 0 Å². The van der Waals surface area contributed by atoms with Gasteiger partial charge in [0.2, 0.25) is 0 Å². The van der Waals surface area contributed by atoms with Gasteiger partial charge in [0.05, 0.1) is 17.5 Å². The van der Waals surface area contributed by atoms with E-state index >= 15 is 0 Å². The second-order valence-corrected chi connectivity index (χ2v) is 8.63. The topological polar surface area (TPSA) is 78.6 Å². The summed E-state index contributed by atoms with van der Waals surface area (Å²) in [6, 6.07) is 19.8. The number of aliphatic hydroxyl groups excluding tert-OH is 1. The van der Waals surface area contributed by atoms with Crippen LogP contribution in [-0.4, -0.2) is 50.1 Å². The number of carboxylic acid groups (broad SMARTS) is 1. The number of aryl methyl sites for hydroxylation is 2. The molecule has 0 saturated carbocycles. The van der Waals surface area contributed by atoms with Crippen LogP contribution >= 0.6 is 0 Å². The molecular weight excluding hydrogens is 390 g/mol. The summed E-state index contributed by atoms with van der Waals surface area (Å²) in [5.74, 6) is -0.921. The lowest BCUT2D eigenvalue weighted by molar-refractivity contribution is -0.163. The van der Waals surface area contributed by atoms with E-state index in [1.165, 1.54) is 0 Å². The Hall–Kier alpha value is -2.96. The highest BCUT2D eigenvalue weighted by Crippen LogP contribution is 2.36. The number of carboxylic acids is 1. The molecule has 31 heavy (non-hydrogen) atoms. The van der Waals surface area contributed by atoms with Crippen LogP contribution in [0.15, 0.2) is 60.7 Å². The Morgan fingerprint density at radius 2 is 1.84 bits per heavy atom. The van der Waals surface area contributed by atoms with E-state index in [0.717, 1.165) is 28.2 Å². The fourth-order valence-electron chi connectivity index (χ4n) is 4.60. The van der Waals surface area contributed by atoms with Crippen LogP contribution in [0.5, 0.6) is 0 Å². The van der Waals surface area contributed by atoms with Crippen LogP contribution < -0.4 is 0 Å². The van der Waals surface area contributed by atoms with Crippen molar-refractivity contribution in [3.8, 4) is 5.69 Å². The summed E-state index contributed by atoms with van der Waals surface area (Å²) in [4.78, 5) is 14.3. The Morgan fingerprint density at radius 3 is 2.48 bits per heavy atom. The maximum absolute atomic E-state index is 12.2. The number of nitrogens with zero attached hydrogens (tertiary/aromatic N) is 3. The molecule has 2 heterocycles. The van der Waals surface area contributed by atoms with Gasteiger partial charge in [-0.2, -0.15) is 5.10 Å². The fraction of sp³-hybridized carbons (Fsp3) is 0.360. The van der Waals surface area contributed by atoms with Crippen LogP contribution in [0.2, 0.25) is 0 Å². The van der Waals surface area contributed by atoms with Crippen LogP contribution in [0.25, 0.3) is 5.69 Å². The Kier molecular flexibility index (Phi) is 5.94. The van der Waals surface area contributed by atoms with Crippen LogP contribution in [-0.2, 0) is 17.8 Å². The molecule has 1 saturated heterocycles. The van der Waals surface area contributed by atoms with Crippen molar-refractivity contribution < 1.29 is 15.0 Å². The SMILES string of the molecule is Cc1cc(C)n(-c2cccc(CN3CC[C@](Cc4ccccc4)(C(=O)O)[C@H](O)C3)c2)n1. The molecule has 0 spiro atoms. The van der Waals surface area contributed by atoms with Gasteiger partial charge in [0, 0.05) is 18.8 Å². The maximum atomic E-state index is 12.2. The molecule has 3 aromatic rings. The first kappa shape index (κ1) is 21.3. The summed E-state index contributed by atoms with van der Waals surface area (Å²) in [5.41, 5.74) is 3.96. The van der Waals surface area contributed by atoms with Crippen LogP contribution in [0.4, 0.5) is 0 Å². The molecule has 0 bridgehead atoms. The van der Waals surface area contributed by atoms with Gasteiger partial charge >= 0.3 is 5.97 Å². The molecule has 2 atom stereocenters. The molecule has 6 nitrogen and oxygen atoms in total. The van der Waals surface area contributed by atoms with Gasteiger partial charge in [0.1, 0.15) is 5.41 Å². The van der Waals surface area contributed by atoms with Crippen molar-refractivity contribution in [3.05, 3.63) is 83.2 Å². The molecule has 1 aliphatic heterocycles. The number of aliphatic hydroxyl groups is 1. The highest BCUT2D eigenvalue weighted by Gasteiger charge is 2.48. The second-order valence-electron chi connectivity index (χ2n) is 8.63. The fourth-order valence-corrected chi connectivity index (χ4v) is 4.60. The zero-order chi connectivity index (χ0) is 22.0. The van der Waals surface area contributed by atoms with Crippen molar-refractivity contribution in [3.63, 3.8) is 0 Å². The zero-order valence-electron chi connectivity index (χ0n) is 18.0. The third-order valence-corrected chi connectivity index (χ3v) is 6.30. The minimum atomic E-state index is -1.15. The first-order valence-corrected chi connectivity index (χ1v) is 10.7. The van der Waals surface area contributed by atoms with Crippen LogP contribution in [0.3, 0.4) is 0 Å². The van der Waals surface area contributed by atoms with Crippen molar-refractivity contribution in [2.45, 2.75) is 39.3 Å². The quantitative estimate of drug-likeness (QED) is 0.641. The monoisotopic (exact) mass is 419 g/mol. The highest BCUT2D eigenvalue weighted by atomic mass is 16.4. The number of hydrogen-bond donors (Lipinski definition) is 2. The van der Waals surface area contributed by atoms with Crippen molar-refractivity contribution in [2.75, 3.05) is 13.1 Å². The predicted octanol–water partition coefficient (Wildman–Crippen LogP) is 3.37. The second kappa shape index (κ2) is 8.65. The van der Waals surface area contributed by atoms with E-state index in [9.17, 15) is 15.0 Å². The number of aliphatic carboxylic acids is 1. The number of piperidine rings is 1. The van der Waals surface area contributed by atoms with Gasteiger partial charge in [0.25, 0.3) is 0 Å². The van der Waals surface area contributed by atoms with Crippen molar-refractivity contribution in [1.82, 2.24) is 14.7 Å². The number of β-amino-alcohol motifs (C(OH)–C–C–N with tert-alkyl or cyclic N) is 1. The molecular formula is C25H29N3O3. The van der Waals surface area contributed by atoms with Crippen molar-refractivity contribution in [1.29, 1.82) is 0 Å². The van der Waals surface area contributed by atoms with Crippen molar-refractivity contribution in [2.24, 2.45) is 5.41 Å². The molecule has 2 aromatic carbocycles. The number of aromatic nitrogens is 2. The lowest BCUT2D eigenvalue weighted by atomic mass is 9.71. The Labute approximate surface area is 182 Å². The summed E-state index contributed by atoms with van der Waals surface area (Å²) in [5, 5.41) is 25.5. The summed E-state index contributed by atoms with van der Waals surface area (Å²) in [7, 11) is 0. The molecule has 6 heteroatoms. The summed E-state index contributed by atoms with van der Waals surface area (Å²) < 4.78 is 1.93. The van der Waals surface area contributed by atoms with E-state index in [1.54, 1.807) is 0 Å². The molecule has 0 aliphatic carbocycles. The molecule has 0 radical (unpaired) electrons. The Bertz CT molecular complexity index is 1060. The predicted molar refractivity (Wildman–Crippen MR) is 119 cm³/mol. The third-order valence-electron chi connectivity index (χ3n) is 6.30. The van der Waals surface area contributed by atoms with Gasteiger partial charge in [-0.3, -0.25) is 9.69 Å². The standard InChI is InChI=1S/C25H29N3O3/c1-18-13-19(2)28(26-18)22-10-6-9-21(14-22)16-27-12-11-25(24(30)31,23(29)17-27)15-20-7-4-3-5-8-20/h3-10,13-14,23,29H,11-12,15-17H2,1-2H3,(H,30,31)/t23-,25-/m1/s1. The third kappa shape index (κ3) is 4.40. The summed E-state index contributed by atoms with van der Waals surface area (Å²) in [6.07, 6.45) is -0.181. The van der Waals surface area contributed by atoms with E-state index in [0.29, 0.717) is 32.5 Å². The van der Waals surface area contributed by atoms with Gasteiger partial charge in [-0.1, -0.05) is 42.5 Å². The Balaban J connectivity index is 1.48. The molecule has 1 aliphatic rings. The number of benzene rings is 2. The van der Waals surface area contributed by atoms with E-state index in [1.807, 2.05) is 67.1 Å². The lowest BCUT2D eigenvalue weighted by Gasteiger charge is -2.43. The largest absolute Gasteiger partial charge is 0.481 e.